The minimum absolute atomic E-state index is 0.0380. The van der Waals surface area contributed by atoms with Crippen molar-refractivity contribution in [2.45, 2.75) is 13.2 Å². The summed E-state index contributed by atoms with van der Waals surface area (Å²) in [5, 5.41) is 10.1. The molecule has 0 aliphatic heterocycles. The van der Waals surface area contributed by atoms with Gasteiger partial charge in [0.15, 0.2) is 11.6 Å². The molecular weight excluding hydrogens is 290 g/mol. The van der Waals surface area contributed by atoms with E-state index in [1.807, 2.05) is 0 Å². The number of hydrogen-bond donors (Lipinski definition) is 1. The van der Waals surface area contributed by atoms with Crippen LogP contribution in [0.25, 0.3) is 0 Å². The quantitative estimate of drug-likeness (QED) is 0.917. The summed E-state index contributed by atoms with van der Waals surface area (Å²) in [5.41, 5.74) is 1.09. The Balaban J connectivity index is 2.19. The summed E-state index contributed by atoms with van der Waals surface area (Å²) in [7, 11) is 0. The molecule has 0 atom stereocenters. The van der Waals surface area contributed by atoms with Gasteiger partial charge in [-0.25, -0.2) is 4.39 Å². The van der Waals surface area contributed by atoms with Crippen molar-refractivity contribution in [1.29, 1.82) is 0 Å². The molecule has 0 spiro atoms. The van der Waals surface area contributed by atoms with E-state index in [-0.39, 0.29) is 19.0 Å². The first kappa shape index (κ1) is 14.1. The van der Waals surface area contributed by atoms with Gasteiger partial charge in [0.1, 0.15) is 6.61 Å². The minimum Gasteiger partial charge on any atom is -0.485 e. The van der Waals surface area contributed by atoms with Crippen LogP contribution in [0.15, 0.2) is 36.4 Å². The first-order valence-corrected chi connectivity index (χ1v) is 6.32. The number of rotatable bonds is 4. The van der Waals surface area contributed by atoms with E-state index < -0.39 is 5.82 Å². The van der Waals surface area contributed by atoms with Crippen molar-refractivity contribution >= 4 is 23.2 Å². The van der Waals surface area contributed by atoms with E-state index in [9.17, 15) is 4.39 Å². The van der Waals surface area contributed by atoms with Gasteiger partial charge < -0.3 is 9.84 Å². The first-order valence-electron chi connectivity index (χ1n) is 5.57. The van der Waals surface area contributed by atoms with Crippen LogP contribution in [0.2, 0.25) is 10.0 Å². The zero-order chi connectivity index (χ0) is 13.8. The second-order valence-electron chi connectivity index (χ2n) is 3.91. The van der Waals surface area contributed by atoms with Gasteiger partial charge in [0.25, 0.3) is 0 Å². The van der Waals surface area contributed by atoms with Crippen molar-refractivity contribution in [3.63, 3.8) is 0 Å². The van der Waals surface area contributed by atoms with Crippen molar-refractivity contribution < 1.29 is 14.2 Å². The van der Waals surface area contributed by atoms with Crippen molar-refractivity contribution in [2.24, 2.45) is 0 Å². The lowest BCUT2D eigenvalue weighted by Gasteiger charge is -2.12. The Morgan fingerprint density at radius 2 is 1.89 bits per heavy atom. The van der Waals surface area contributed by atoms with Gasteiger partial charge >= 0.3 is 0 Å². The van der Waals surface area contributed by atoms with Gasteiger partial charge in [0.2, 0.25) is 0 Å². The minimum atomic E-state index is -0.517. The van der Waals surface area contributed by atoms with Crippen LogP contribution in [0.3, 0.4) is 0 Å². The van der Waals surface area contributed by atoms with Gasteiger partial charge in [-0.1, -0.05) is 41.4 Å². The van der Waals surface area contributed by atoms with Gasteiger partial charge in [0, 0.05) is 21.2 Å². The topological polar surface area (TPSA) is 29.5 Å². The van der Waals surface area contributed by atoms with Crippen LogP contribution < -0.4 is 4.74 Å². The lowest BCUT2D eigenvalue weighted by atomic mass is 10.2. The maximum absolute atomic E-state index is 13.6. The highest BCUT2D eigenvalue weighted by atomic mass is 35.5. The Bertz CT molecular complexity index is 588. The molecule has 2 nitrogen and oxygen atoms in total. The highest BCUT2D eigenvalue weighted by Gasteiger charge is 2.10. The molecule has 0 aliphatic rings. The third-order valence-corrected chi connectivity index (χ3v) is 3.19. The van der Waals surface area contributed by atoms with E-state index in [1.165, 1.54) is 12.1 Å². The Morgan fingerprint density at radius 1 is 1.11 bits per heavy atom. The van der Waals surface area contributed by atoms with E-state index in [4.69, 9.17) is 33.0 Å². The second kappa shape index (κ2) is 6.24. The maximum atomic E-state index is 13.6. The van der Waals surface area contributed by atoms with E-state index in [1.54, 1.807) is 24.3 Å². The Kier molecular flexibility index (Phi) is 4.64. The summed E-state index contributed by atoms with van der Waals surface area (Å²) in [4.78, 5) is 0. The number of halogens is 3. The van der Waals surface area contributed by atoms with Crippen LogP contribution in [-0.4, -0.2) is 5.11 Å². The molecular formula is C14H11Cl2FO2. The summed E-state index contributed by atoms with van der Waals surface area (Å²) in [5.74, 6) is -0.479. The largest absolute Gasteiger partial charge is 0.485 e. The average Bonchev–Trinajstić information content (AvgIpc) is 2.39. The second-order valence-corrected chi connectivity index (χ2v) is 4.75. The van der Waals surface area contributed by atoms with Crippen LogP contribution in [0.1, 0.15) is 11.1 Å². The lowest BCUT2D eigenvalue weighted by Crippen LogP contribution is -2.01. The number of aliphatic hydroxyl groups is 1. The predicted molar refractivity (Wildman–Crippen MR) is 73.1 cm³/mol. The molecule has 0 unspecified atom stereocenters. The molecule has 0 aromatic heterocycles. The fourth-order valence-corrected chi connectivity index (χ4v) is 2.09. The molecule has 0 amide bonds. The maximum Gasteiger partial charge on any atom is 0.165 e. The molecule has 1 N–H and O–H groups in total. The molecule has 0 heterocycles. The third-order valence-electron chi connectivity index (χ3n) is 2.61. The van der Waals surface area contributed by atoms with E-state index in [0.717, 1.165) is 0 Å². The molecule has 100 valence electrons. The van der Waals surface area contributed by atoms with Crippen LogP contribution in [0, 0.1) is 5.82 Å². The normalized spacial score (nSPS) is 10.5. The molecule has 2 aromatic carbocycles. The summed E-state index contributed by atoms with van der Waals surface area (Å²) >= 11 is 11.8. The monoisotopic (exact) mass is 300 g/mol. The average molecular weight is 301 g/mol. The molecule has 2 aromatic rings. The fourth-order valence-electron chi connectivity index (χ4n) is 1.63. The summed E-state index contributed by atoms with van der Waals surface area (Å²) in [6.45, 7) is -0.189. The SMILES string of the molecule is OCc1cccc(F)c1OCc1ccc(Cl)cc1Cl. The number of hydrogen-bond acceptors (Lipinski definition) is 2. The van der Waals surface area contributed by atoms with E-state index >= 15 is 0 Å². The van der Waals surface area contributed by atoms with E-state index in [0.29, 0.717) is 21.2 Å². The molecule has 0 saturated heterocycles. The first-order chi connectivity index (χ1) is 9.11. The van der Waals surface area contributed by atoms with Crippen LogP contribution >= 0.6 is 23.2 Å². The fraction of sp³-hybridized carbons (Fsp3) is 0.143. The van der Waals surface area contributed by atoms with Crippen molar-refractivity contribution in [3.05, 3.63) is 63.4 Å². The summed E-state index contributed by atoms with van der Waals surface area (Å²) < 4.78 is 19.0. The molecule has 0 fully saturated rings. The lowest BCUT2D eigenvalue weighted by molar-refractivity contribution is 0.251. The molecule has 2 rings (SSSR count). The van der Waals surface area contributed by atoms with Crippen molar-refractivity contribution in [2.75, 3.05) is 0 Å². The van der Waals surface area contributed by atoms with Crippen LogP contribution in [0.5, 0.6) is 5.75 Å². The van der Waals surface area contributed by atoms with Crippen molar-refractivity contribution in [1.82, 2.24) is 0 Å². The van der Waals surface area contributed by atoms with Crippen molar-refractivity contribution in [3.8, 4) is 5.75 Å². The molecule has 0 aliphatic carbocycles. The summed E-state index contributed by atoms with van der Waals surface area (Å²) in [6, 6.07) is 9.38. The Labute approximate surface area is 120 Å². The van der Waals surface area contributed by atoms with E-state index in [2.05, 4.69) is 0 Å². The van der Waals surface area contributed by atoms with Crippen LogP contribution in [-0.2, 0) is 13.2 Å². The van der Waals surface area contributed by atoms with Gasteiger partial charge in [-0.05, 0) is 18.2 Å². The molecule has 5 heteroatoms. The standard InChI is InChI=1S/C14H11Cl2FO2/c15-11-5-4-10(12(16)6-11)8-19-14-9(7-18)2-1-3-13(14)17/h1-6,18H,7-8H2. The predicted octanol–water partition coefficient (Wildman–Crippen LogP) is 4.20. The molecule has 0 radical (unpaired) electrons. The molecule has 0 bridgehead atoms. The summed E-state index contributed by atoms with van der Waals surface area (Å²) in [6.07, 6.45) is 0. The third kappa shape index (κ3) is 3.38. The number of para-hydroxylation sites is 1. The number of aliphatic hydroxyl groups excluding tert-OH is 1. The van der Waals surface area contributed by atoms with Gasteiger partial charge in [-0.2, -0.15) is 0 Å². The zero-order valence-corrected chi connectivity index (χ0v) is 11.4. The Hall–Kier alpha value is -1.29. The highest BCUT2D eigenvalue weighted by Crippen LogP contribution is 2.26. The van der Waals surface area contributed by atoms with Gasteiger partial charge in [-0.3, -0.25) is 0 Å². The number of ether oxygens (including phenoxy) is 1. The molecule has 19 heavy (non-hydrogen) atoms. The molecule has 0 saturated carbocycles. The Morgan fingerprint density at radius 3 is 2.58 bits per heavy atom. The van der Waals surface area contributed by atoms with Crippen LogP contribution in [0.4, 0.5) is 4.39 Å². The van der Waals surface area contributed by atoms with Gasteiger partial charge in [-0.15, -0.1) is 0 Å². The van der Waals surface area contributed by atoms with Gasteiger partial charge in [0.05, 0.1) is 6.61 Å². The highest BCUT2D eigenvalue weighted by molar-refractivity contribution is 6.35. The zero-order valence-electron chi connectivity index (χ0n) is 9.87. The number of benzene rings is 2. The smallest absolute Gasteiger partial charge is 0.165 e.